The molecule has 0 bridgehead atoms. The molecule has 0 aromatic carbocycles. The first-order valence-corrected chi connectivity index (χ1v) is 5.90. The molecule has 1 aliphatic carbocycles. The van der Waals surface area contributed by atoms with Gasteiger partial charge in [-0.3, -0.25) is 0 Å². The molecule has 0 heteroatoms. The molecule has 16 heavy (non-hydrogen) atoms. The molecule has 1 aliphatic rings. The van der Waals surface area contributed by atoms with Gasteiger partial charge in [0.2, 0.25) is 0 Å². The van der Waals surface area contributed by atoms with Gasteiger partial charge in [-0.05, 0) is 17.8 Å². The maximum atomic E-state index is 3.00. The Morgan fingerprint density at radius 3 is 1.12 bits per heavy atom. The predicted molar refractivity (Wildman–Crippen MR) is 75.3 cm³/mol. The highest BCUT2D eigenvalue weighted by Gasteiger charge is 1.95. The Kier molecular flexibility index (Phi) is 8.24. The van der Waals surface area contributed by atoms with E-state index < -0.39 is 0 Å². The molecule has 0 fully saturated rings. The van der Waals surface area contributed by atoms with E-state index >= 15 is 0 Å². The van der Waals surface area contributed by atoms with Gasteiger partial charge in [0.05, 0.1) is 0 Å². The maximum Gasteiger partial charge on any atom is -0.00786 e. The van der Waals surface area contributed by atoms with Gasteiger partial charge in [0.1, 0.15) is 0 Å². The molecule has 0 amide bonds. The fourth-order valence-corrected chi connectivity index (χ4v) is 1.37. The molecular formula is C16H24. The lowest BCUT2D eigenvalue weighted by Crippen LogP contribution is -1.88. The van der Waals surface area contributed by atoms with Crippen LogP contribution in [0.3, 0.4) is 0 Å². The summed E-state index contributed by atoms with van der Waals surface area (Å²) < 4.78 is 0. The molecule has 0 N–H and O–H groups in total. The molecule has 0 aromatic rings. The van der Waals surface area contributed by atoms with Gasteiger partial charge >= 0.3 is 0 Å². The van der Waals surface area contributed by atoms with Crippen molar-refractivity contribution in [3.8, 4) is 0 Å². The molecule has 0 nitrogen and oxygen atoms in total. The van der Waals surface area contributed by atoms with Crippen LogP contribution in [0.1, 0.15) is 20.8 Å². The molecule has 3 atom stereocenters. The van der Waals surface area contributed by atoms with Crippen molar-refractivity contribution in [2.45, 2.75) is 20.8 Å². The first-order chi connectivity index (χ1) is 7.68. The SMILES string of the molecule is C=C.CC1C=CC(C)/C=C\C(C)/C=C\C=C/1. The summed E-state index contributed by atoms with van der Waals surface area (Å²) in [6.07, 6.45) is 17.8. The fourth-order valence-electron chi connectivity index (χ4n) is 1.37. The van der Waals surface area contributed by atoms with E-state index in [4.69, 9.17) is 0 Å². The van der Waals surface area contributed by atoms with Crippen LogP contribution in [0.2, 0.25) is 0 Å². The molecule has 0 aromatic heterocycles. The second-order valence-electron chi connectivity index (χ2n) is 4.12. The summed E-state index contributed by atoms with van der Waals surface area (Å²) in [5.74, 6) is 1.60. The molecule has 0 spiro atoms. The standard InChI is InChI=1S/C14H20.C2H4/c1-12-6-4-5-7-13(2)9-11-14(3)10-8-12;1-2/h4-14H,1-3H3;1-2H2/b6-4-,7-5-,10-8-,11-9?;. The lowest BCUT2D eigenvalue weighted by molar-refractivity contribution is 0.863. The Labute approximate surface area is 101 Å². The van der Waals surface area contributed by atoms with Crippen LogP contribution in [-0.2, 0) is 0 Å². The van der Waals surface area contributed by atoms with Crippen molar-refractivity contribution in [3.63, 3.8) is 0 Å². The number of hydrogen-bond acceptors (Lipinski definition) is 0. The minimum absolute atomic E-state index is 0.531. The summed E-state index contributed by atoms with van der Waals surface area (Å²) in [6.45, 7) is 12.6. The molecule has 0 saturated heterocycles. The average Bonchev–Trinajstić information content (AvgIpc) is 2.33. The third-order valence-corrected chi connectivity index (χ3v) is 2.38. The van der Waals surface area contributed by atoms with Crippen molar-refractivity contribution < 1.29 is 0 Å². The smallest absolute Gasteiger partial charge is 0.00786 e. The number of hydrogen-bond donors (Lipinski definition) is 0. The van der Waals surface area contributed by atoms with E-state index in [1.54, 1.807) is 0 Å². The van der Waals surface area contributed by atoms with E-state index in [1.807, 2.05) is 0 Å². The van der Waals surface area contributed by atoms with Crippen molar-refractivity contribution >= 4 is 0 Å². The van der Waals surface area contributed by atoms with Crippen LogP contribution in [0.25, 0.3) is 0 Å². The summed E-state index contributed by atoms with van der Waals surface area (Å²) >= 11 is 0. The maximum absolute atomic E-state index is 3.00. The average molecular weight is 216 g/mol. The molecule has 0 saturated carbocycles. The van der Waals surface area contributed by atoms with Gasteiger partial charge in [-0.1, -0.05) is 69.4 Å². The molecule has 0 aliphatic heterocycles. The summed E-state index contributed by atoms with van der Waals surface area (Å²) in [5, 5.41) is 0. The molecular weight excluding hydrogens is 192 g/mol. The normalized spacial score (nSPS) is 35.1. The van der Waals surface area contributed by atoms with Crippen LogP contribution in [0.4, 0.5) is 0 Å². The number of rotatable bonds is 0. The zero-order valence-electron chi connectivity index (χ0n) is 10.8. The minimum Gasteiger partial charge on any atom is -0.106 e. The van der Waals surface area contributed by atoms with E-state index in [2.05, 4.69) is 82.5 Å². The second kappa shape index (κ2) is 8.96. The third-order valence-electron chi connectivity index (χ3n) is 2.38. The van der Waals surface area contributed by atoms with Crippen LogP contribution in [0.15, 0.2) is 61.8 Å². The van der Waals surface area contributed by atoms with Gasteiger partial charge in [-0.15, -0.1) is 13.2 Å². The van der Waals surface area contributed by atoms with Crippen LogP contribution in [0, 0.1) is 17.8 Å². The number of allylic oxidation sites excluding steroid dienone is 8. The van der Waals surface area contributed by atoms with E-state index in [0.29, 0.717) is 17.8 Å². The lowest BCUT2D eigenvalue weighted by Gasteiger charge is -2.01. The quantitative estimate of drug-likeness (QED) is 0.503. The second-order valence-corrected chi connectivity index (χ2v) is 4.12. The molecule has 3 unspecified atom stereocenters. The Bertz CT molecular complexity index is 250. The van der Waals surface area contributed by atoms with Crippen molar-refractivity contribution in [2.24, 2.45) is 17.8 Å². The van der Waals surface area contributed by atoms with Gasteiger partial charge in [-0.25, -0.2) is 0 Å². The molecule has 1 rings (SSSR count). The zero-order valence-corrected chi connectivity index (χ0v) is 10.8. The van der Waals surface area contributed by atoms with Crippen LogP contribution >= 0.6 is 0 Å². The lowest BCUT2D eigenvalue weighted by atomic mass is 10.0. The summed E-state index contributed by atoms with van der Waals surface area (Å²) in [4.78, 5) is 0. The highest BCUT2D eigenvalue weighted by Crippen LogP contribution is 2.10. The third kappa shape index (κ3) is 7.05. The fraction of sp³-hybridized carbons (Fsp3) is 0.375. The Hall–Kier alpha value is -1.30. The summed E-state index contributed by atoms with van der Waals surface area (Å²) in [7, 11) is 0. The van der Waals surface area contributed by atoms with E-state index in [-0.39, 0.29) is 0 Å². The van der Waals surface area contributed by atoms with Crippen LogP contribution in [-0.4, -0.2) is 0 Å². The van der Waals surface area contributed by atoms with Gasteiger partial charge in [-0.2, -0.15) is 0 Å². The Morgan fingerprint density at radius 1 is 0.562 bits per heavy atom. The van der Waals surface area contributed by atoms with Gasteiger partial charge in [0.25, 0.3) is 0 Å². The van der Waals surface area contributed by atoms with Crippen molar-refractivity contribution in [2.75, 3.05) is 0 Å². The van der Waals surface area contributed by atoms with Crippen molar-refractivity contribution in [3.05, 3.63) is 61.8 Å². The van der Waals surface area contributed by atoms with E-state index in [0.717, 1.165) is 0 Å². The Balaban J connectivity index is 0.00000106. The zero-order chi connectivity index (χ0) is 12.4. The first-order valence-electron chi connectivity index (χ1n) is 5.90. The first kappa shape index (κ1) is 14.7. The highest BCUT2D eigenvalue weighted by molar-refractivity contribution is 5.14. The summed E-state index contributed by atoms with van der Waals surface area (Å²) in [6, 6.07) is 0. The topological polar surface area (TPSA) is 0 Å². The minimum atomic E-state index is 0.531. The van der Waals surface area contributed by atoms with Gasteiger partial charge in [0, 0.05) is 0 Å². The largest absolute Gasteiger partial charge is 0.106 e. The Morgan fingerprint density at radius 2 is 0.812 bits per heavy atom. The van der Waals surface area contributed by atoms with Crippen molar-refractivity contribution in [1.29, 1.82) is 0 Å². The monoisotopic (exact) mass is 216 g/mol. The van der Waals surface area contributed by atoms with Gasteiger partial charge < -0.3 is 0 Å². The van der Waals surface area contributed by atoms with E-state index in [9.17, 15) is 0 Å². The summed E-state index contributed by atoms with van der Waals surface area (Å²) in [5.41, 5.74) is 0. The van der Waals surface area contributed by atoms with E-state index in [1.165, 1.54) is 0 Å². The van der Waals surface area contributed by atoms with Crippen molar-refractivity contribution in [1.82, 2.24) is 0 Å². The van der Waals surface area contributed by atoms with Crippen LogP contribution < -0.4 is 0 Å². The molecule has 88 valence electrons. The molecule has 0 radical (unpaired) electrons. The van der Waals surface area contributed by atoms with Crippen LogP contribution in [0.5, 0.6) is 0 Å². The highest BCUT2D eigenvalue weighted by atomic mass is 14.0. The predicted octanol–water partition coefficient (Wildman–Crippen LogP) is 4.94. The van der Waals surface area contributed by atoms with Gasteiger partial charge in [0.15, 0.2) is 0 Å². The molecule has 0 heterocycles.